The highest BCUT2D eigenvalue weighted by Crippen LogP contribution is 2.44. The number of methoxy groups -OCH3 is 1. The highest BCUT2D eigenvalue weighted by molar-refractivity contribution is 6.32. The molecule has 1 unspecified atom stereocenters. The molecule has 0 radical (unpaired) electrons. The number of carbonyl (C=O) groups excluding carboxylic acids is 2. The molecule has 9 heteroatoms. The van der Waals surface area contributed by atoms with Crippen LogP contribution in [0, 0.1) is 5.82 Å². The van der Waals surface area contributed by atoms with Gasteiger partial charge in [-0.05, 0) is 50.3 Å². The van der Waals surface area contributed by atoms with Gasteiger partial charge in [0.05, 0.1) is 25.0 Å². The van der Waals surface area contributed by atoms with E-state index in [1.165, 1.54) is 19.2 Å². The van der Waals surface area contributed by atoms with Gasteiger partial charge in [0.2, 0.25) is 0 Å². The molecule has 1 fully saturated rings. The van der Waals surface area contributed by atoms with Crippen LogP contribution in [0.2, 0.25) is 0 Å². The lowest BCUT2D eigenvalue weighted by molar-refractivity contribution is -0.141. The van der Waals surface area contributed by atoms with Crippen LogP contribution in [0.15, 0.2) is 48.4 Å². The molecule has 170 valence electrons. The van der Waals surface area contributed by atoms with E-state index in [4.69, 9.17) is 9.47 Å². The quantitative estimate of drug-likeness (QED) is 0.549. The van der Waals surface area contributed by atoms with E-state index in [1.807, 2.05) is 37.0 Å². The number of anilines is 2. The number of hydrogen-bond acceptors (Lipinski definition) is 7. The van der Waals surface area contributed by atoms with Crippen molar-refractivity contribution in [2.75, 3.05) is 30.5 Å². The SMILES string of the molecule is COC(=O)C1CNCN1c1ccc(C2=C/C(=C3\C(=O)Nc4cc(F)ccc43)OC2(C)C)cn1. The second-order valence-electron chi connectivity index (χ2n) is 8.58. The summed E-state index contributed by atoms with van der Waals surface area (Å²) >= 11 is 0. The number of carbonyl (C=O) groups is 2. The van der Waals surface area contributed by atoms with E-state index in [2.05, 4.69) is 15.6 Å². The van der Waals surface area contributed by atoms with Crippen molar-refractivity contribution in [2.24, 2.45) is 0 Å². The van der Waals surface area contributed by atoms with Crippen molar-refractivity contribution in [3.8, 4) is 0 Å². The fourth-order valence-electron chi connectivity index (χ4n) is 4.45. The molecular weight excluding hydrogens is 427 g/mol. The molecule has 3 aliphatic rings. The Morgan fingerprint density at radius 1 is 1.30 bits per heavy atom. The van der Waals surface area contributed by atoms with Gasteiger partial charge in [-0.25, -0.2) is 14.2 Å². The number of nitrogens with one attached hydrogen (secondary N) is 2. The van der Waals surface area contributed by atoms with Crippen molar-refractivity contribution in [1.29, 1.82) is 0 Å². The molecule has 5 rings (SSSR count). The van der Waals surface area contributed by atoms with Crippen molar-refractivity contribution >= 4 is 34.5 Å². The molecule has 1 aromatic carbocycles. The minimum Gasteiger partial charge on any atom is -0.482 e. The minimum absolute atomic E-state index is 0.315. The summed E-state index contributed by atoms with van der Waals surface area (Å²) < 4.78 is 24.6. The third kappa shape index (κ3) is 3.54. The standard InChI is InChI=1S/C24H23FN4O4/c1-24(2)16(9-19(33-24)21-15-6-5-14(25)8-17(15)28-22(21)30)13-4-7-20(27-10-13)29-12-26-11-18(29)23(31)32-3/h4-10,18,26H,11-12H2,1-3H3,(H,28,30)/b21-19+. The second kappa shape index (κ2) is 7.70. The average Bonchev–Trinajstić information content (AvgIpc) is 3.47. The number of allylic oxidation sites excluding steroid dienone is 1. The van der Waals surface area contributed by atoms with Gasteiger partial charge in [0.25, 0.3) is 5.91 Å². The molecule has 33 heavy (non-hydrogen) atoms. The molecule has 2 N–H and O–H groups in total. The number of aromatic nitrogens is 1. The van der Waals surface area contributed by atoms with Gasteiger partial charge >= 0.3 is 5.97 Å². The summed E-state index contributed by atoms with van der Waals surface area (Å²) in [6.07, 6.45) is 3.56. The fourth-order valence-corrected chi connectivity index (χ4v) is 4.45. The third-order valence-corrected chi connectivity index (χ3v) is 6.08. The topological polar surface area (TPSA) is 92.8 Å². The minimum atomic E-state index is -0.710. The smallest absolute Gasteiger partial charge is 0.329 e. The zero-order valence-corrected chi connectivity index (χ0v) is 18.4. The molecule has 2 aromatic rings. The molecule has 1 atom stereocenters. The van der Waals surface area contributed by atoms with E-state index >= 15 is 0 Å². The summed E-state index contributed by atoms with van der Waals surface area (Å²) in [6, 6.07) is 7.52. The summed E-state index contributed by atoms with van der Waals surface area (Å²) in [5.41, 5.74) is 2.39. The number of amides is 1. The number of benzene rings is 1. The molecule has 4 heterocycles. The first-order valence-corrected chi connectivity index (χ1v) is 10.6. The molecule has 8 nitrogen and oxygen atoms in total. The predicted octanol–water partition coefficient (Wildman–Crippen LogP) is 2.69. The summed E-state index contributed by atoms with van der Waals surface area (Å²) in [5, 5.41) is 5.85. The van der Waals surface area contributed by atoms with Gasteiger partial charge in [-0.3, -0.25) is 10.1 Å². The van der Waals surface area contributed by atoms with Crippen LogP contribution in [-0.2, 0) is 19.1 Å². The maximum absolute atomic E-state index is 13.6. The number of hydrogen-bond donors (Lipinski definition) is 2. The number of nitrogens with zero attached hydrogens (tertiary/aromatic N) is 2. The van der Waals surface area contributed by atoms with Crippen molar-refractivity contribution in [3.63, 3.8) is 0 Å². The normalized spacial score (nSPS) is 23.2. The maximum atomic E-state index is 13.6. The van der Waals surface area contributed by atoms with Crippen LogP contribution in [0.3, 0.4) is 0 Å². The van der Waals surface area contributed by atoms with Crippen molar-refractivity contribution in [3.05, 3.63) is 65.3 Å². The van der Waals surface area contributed by atoms with Gasteiger partial charge in [0.1, 0.15) is 29.0 Å². The molecule has 3 aliphatic heterocycles. The van der Waals surface area contributed by atoms with Crippen LogP contribution in [0.4, 0.5) is 15.9 Å². The molecule has 0 spiro atoms. The number of rotatable bonds is 3. The van der Waals surface area contributed by atoms with E-state index < -0.39 is 17.5 Å². The number of ether oxygens (including phenoxy) is 2. The fraction of sp³-hybridized carbons (Fsp3) is 0.292. The van der Waals surface area contributed by atoms with E-state index in [0.29, 0.717) is 41.6 Å². The Bertz CT molecular complexity index is 1220. The number of fused-ring (bicyclic) bond motifs is 1. The zero-order valence-electron chi connectivity index (χ0n) is 18.4. The van der Waals surface area contributed by atoms with E-state index in [-0.39, 0.29) is 11.9 Å². The lowest BCUT2D eigenvalue weighted by Crippen LogP contribution is -2.39. The first kappa shape index (κ1) is 21.1. The van der Waals surface area contributed by atoms with Gasteiger partial charge in [-0.15, -0.1) is 0 Å². The Morgan fingerprint density at radius 2 is 2.12 bits per heavy atom. The van der Waals surface area contributed by atoms with Gasteiger partial charge < -0.3 is 19.7 Å². The number of halogens is 1. The average molecular weight is 450 g/mol. The van der Waals surface area contributed by atoms with Crippen LogP contribution >= 0.6 is 0 Å². The van der Waals surface area contributed by atoms with Crippen molar-refractivity contribution in [1.82, 2.24) is 10.3 Å². The lowest BCUT2D eigenvalue weighted by Gasteiger charge is -2.25. The summed E-state index contributed by atoms with van der Waals surface area (Å²) in [7, 11) is 1.37. The largest absolute Gasteiger partial charge is 0.482 e. The Labute approximate surface area is 190 Å². The van der Waals surface area contributed by atoms with E-state index in [1.54, 1.807) is 12.3 Å². The van der Waals surface area contributed by atoms with E-state index in [0.717, 1.165) is 11.1 Å². The lowest BCUT2D eigenvalue weighted by atomic mass is 9.93. The third-order valence-electron chi connectivity index (χ3n) is 6.08. The Morgan fingerprint density at radius 3 is 2.85 bits per heavy atom. The first-order chi connectivity index (χ1) is 15.8. The number of pyridine rings is 1. The number of esters is 1. The van der Waals surface area contributed by atoms with Gasteiger partial charge in [0.15, 0.2) is 0 Å². The van der Waals surface area contributed by atoms with Crippen molar-refractivity contribution in [2.45, 2.75) is 25.5 Å². The highest BCUT2D eigenvalue weighted by atomic mass is 19.1. The van der Waals surface area contributed by atoms with Crippen molar-refractivity contribution < 1.29 is 23.5 Å². The van der Waals surface area contributed by atoms with Gasteiger partial charge in [0, 0.05) is 29.4 Å². The van der Waals surface area contributed by atoms with Crippen LogP contribution in [0.1, 0.15) is 25.0 Å². The monoisotopic (exact) mass is 450 g/mol. The predicted molar refractivity (Wildman–Crippen MR) is 120 cm³/mol. The van der Waals surface area contributed by atoms with Gasteiger partial charge in [-0.2, -0.15) is 0 Å². The van der Waals surface area contributed by atoms with Gasteiger partial charge in [-0.1, -0.05) is 0 Å². The Kier molecular flexibility index (Phi) is 4.93. The molecule has 1 amide bonds. The zero-order chi connectivity index (χ0) is 23.3. The van der Waals surface area contributed by atoms with Crippen LogP contribution in [-0.4, -0.2) is 48.8 Å². The summed E-state index contributed by atoms with van der Waals surface area (Å²) in [5.74, 6) is 0.0172. The summed E-state index contributed by atoms with van der Waals surface area (Å²) in [4.78, 5) is 31.1. The Balaban J connectivity index is 1.49. The van der Waals surface area contributed by atoms with E-state index in [9.17, 15) is 14.0 Å². The van der Waals surface area contributed by atoms with Crippen LogP contribution in [0.5, 0.6) is 0 Å². The molecule has 1 saturated heterocycles. The maximum Gasteiger partial charge on any atom is 0.329 e. The molecule has 0 bridgehead atoms. The van der Waals surface area contributed by atoms with Crippen LogP contribution in [0.25, 0.3) is 11.1 Å². The first-order valence-electron chi connectivity index (χ1n) is 10.6. The molecule has 1 aromatic heterocycles. The Hall–Kier alpha value is -3.72. The highest BCUT2D eigenvalue weighted by Gasteiger charge is 2.38. The second-order valence-corrected chi connectivity index (χ2v) is 8.58. The molecule has 0 aliphatic carbocycles. The summed E-state index contributed by atoms with van der Waals surface area (Å²) in [6.45, 7) is 4.81. The molecular formula is C24H23FN4O4. The van der Waals surface area contributed by atoms with Crippen LogP contribution < -0.4 is 15.5 Å². The molecule has 0 saturated carbocycles.